The molecule has 0 aliphatic heterocycles. The Labute approximate surface area is 119 Å². The molecule has 4 rings (SSSR count). The molecule has 1 aliphatic carbocycles. The van der Waals surface area contributed by atoms with E-state index in [1.807, 2.05) is 0 Å². The number of aromatic nitrogens is 1. The van der Waals surface area contributed by atoms with Crippen LogP contribution in [0.4, 0.5) is 0 Å². The number of para-hydroxylation sites is 1. The van der Waals surface area contributed by atoms with Crippen molar-refractivity contribution in [1.82, 2.24) is 4.98 Å². The van der Waals surface area contributed by atoms with Gasteiger partial charge < -0.3 is 4.98 Å². The fourth-order valence-corrected chi connectivity index (χ4v) is 3.65. The van der Waals surface area contributed by atoms with E-state index in [2.05, 4.69) is 60.4 Å². The zero-order valence-corrected chi connectivity index (χ0v) is 11.8. The third-order valence-electron chi connectivity index (χ3n) is 4.71. The maximum atomic E-state index is 3.61. The maximum absolute atomic E-state index is 3.61. The second-order valence-corrected chi connectivity index (χ2v) is 5.93. The van der Waals surface area contributed by atoms with Gasteiger partial charge in [-0.05, 0) is 54.9 Å². The van der Waals surface area contributed by atoms with E-state index < -0.39 is 0 Å². The highest BCUT2D eigenvalue weighted by molar-refractivity contribution is 5.85. The van der Waals surface area contributed by atoms with Crippen molar-refractivity contribution in [2.45, 2.75) is 32.1 Å². The fraction of sp³-hybridized carbons (Fsp3) is 0.263. The number of H-pyrrole nitrogens is 1. The van der Waals surface area contributed by atoms with E-state index in [9.17, 15) is 0 Å². The molecule has 100 valence electrons. The second kappa shape index (κ2) is 4.52. The van der Waals surface area contributed by atoms with Crippen LogP contribution in [-0.4, -0.2) is 4.98 Å². The monoisotopic (exact) mass is 261 g/mol. The van der Waals surface area contributed by atoms with Crippen molar-refractivity contribution in [2.75, 3.05) is 0 Å². The number of fused-ring (bicyclic) bond motifs is 3. The fourth-order valence-electron chi connectivity index (χ4n) is 3.65. The van der Waals surface area contributed by atoms with E-state index in [1.165, 1.54) is 47.0 Å². The van der Waals surface area contributed by atoms with Crippen LogP contribution in [0, 0.1) is 6.92 Å². The average Bonchev–Trinajstić information content (AvgIpc) is 3.01. The largest absolute Gasteiger partial charge is 0.358 e. The molecule has 0 saturated carbocycles. The number of hydrogen-bond acceptors (Lipinski definition) is 0. The van der Waals surface area contributed by atoms with Crippen LogP contribution in [0.5, 0.6) is 0 Å². The summed E-state index contributed by atoms with van der Waals surface area (Å²) in [6.45, 7) is 2.22. The highest BCUT2D eigenvalue weighted by atomic mass is 14.7. The van der Waals surface area contributed by atoms with Crippen LogP contribution in [0.1, 0.15) is 34.7 Å². The van der Waals surface area contributed by atoms with Gasteiger partial charge in [0.1, 0.15) is 0 Å². The van der Waals surface area contributed by atoms with E-state index >= 15 is 0 Å². The summed E-state index contributed by atoms with van der Waals surface area (Å²) in [7, 11) is 0. The third kappa shape index (κ3) is 1.77. The van der Waals surface area contributed by atoms with Gasteiger partial charge >= 0.3 is 0 Å². The molecule has 1 N–H and O–H groups in total. The zero-order valence-electron chi connectivity index (χ0n) is 11.8. The lowest BCUT2D eigenvalue weighted by molar-refractivity contribution is 0.674. The minimum Gasteiger partial charge on any atom is -0.358 e. The van der Waals surface area contributed by atoms with Gasteiger partial charge in [-0.25, -0.2) is 0 Å². The number of aryl methyl sites for hydroxylation is 2. The maximum Gasteiger partial charge on any atom is 0.0459 e. The Hall–Kier alpha value is -2.02. The van der Waals surface area contributed by atoms with Crippen molar-refractivity contribution in [1.29, 1.82) is 0 Å². The quantitative estimate of drug-likeness (QED) is 0.685. The SMILES string of the molecule is Cc1ccccc1CC1CCc2[nH]c3ccccc3c21. The Morgan fingerprint density at radius 3 is 2.75 bits per heavy atom. The van der Waals surface area contributed by atoms with Crippen LogP contribution >= 0.6 is 0 Å². The summed E-state index contributed by atoms with van der Waals surface area (Å²) in [5, 5.41) is 1.43. The highest BCUT2D eigenvalue weighted by Gasteiger charge is 2.26. The first-order valence-electron chi connectivity index (χ1n) is 7.47. The van der Waals surface area contributed by atoms with Crippen molar-refractivity contribution < 1.29 is 0 Å². The first-order valence-corrected chi connectivity index (χ1v) is 7.47. The van der Waals surface area contributed by atoms with Crippen LogP contribution in [0.3, 0.4) is 0 Å². The van der Waals surface area contributed by atoms with Crippen LogP contribution < -0.4 is 0 Å². The molecule has 0 amide bonds. The van der Waals surface area contributed by atoms with Crippen molar-refractivity contribution >= 4 is 10.9 Å². The van der Waals surface area contributed by atoms with Gasteiger partial charge in [-0.15, -0.1) is 0 Å². The van der Waals surface area contributed by atoms with Crippen LogP contribution in [0.25, 0.3) is 10.9 Å². The molecule has 1 heterocycles. The summed E-state index contributed by atoms with van der Waals surface area (Å²) in [6, 6.07) is 17.5. The van der Waals surface area contributed by atoms with Crippen LogP contribution in [0.15, 0.2) is 48.5 Å². The van der Waals surface area contributed by atoms with E-state index in [0.29, 0.717) is 5.92 Å². The Bertz CT molecular complexity index is 766. The Morgan fingerprint density at radius 1 is 1.05 bits per heavy atom. The van der Waals surface area contributed by atoms with Crippen molar-refractivity contribution in [3.8, 4) is 0 Å². The van der Waals surface area contributed by atoms with Gasteiger partial charge in [-0.3, -0.25) is 0 Å². The van der Waals surface area contributed by atoms with Gasteiger partial charge in [-0.2, -0.15) is 0 Å². The zero-order chi connectivity index (χ0) is 13.5. The summed E-state index contributed by atoms with van der Waals surface area (Å²) in [4.78, 5) is 3.61. The number of aromatic amines is 1. The molecule has 0 bridgehead atoms. The lowest BCUT2D eigenvalue weighted by Gasteiger charge is -2.13. The smallest absolute Gasteiger partial charge is 0.0459 e. The average molecular weight is 261 g/mol. The Morgan fingerprint density at radius 2 is 1.85 bits per heavy atom. The molecule has 0 saturated heterocycles. The predicted octanol–water partition coefficient (Wildman–Crippen LogP) is 4.75. The second-order valence-electron chi connectivity index (χ2n) is 5.93. The molecular formula is C19H19N. The van der Waals surface area contributed by atoms with Gasteiger partial charge in [0.15, 0.2) is 0 Å². The van der Waals surface area contributed by atoms with Crippen molar-refractivity contribution in [3.05, 3.63) is 70.9 Å². The van der Waals surface area contributed by atoms with Gasteiger partial charge in [-0.1, -0.05) is 42.5 Å². The molecule has 1 atom stereocenters. The topological polar surface area (TPSA) is 15.8 Å². The molecule has 0 spiro atoms. The standard InChI is InChI=1S/C19H19N/c1-13-6-2-3-7-14(13)12-15-10-11-18-19(15)16-8-4-5-9-17(16)20-18/h2-9,15,20H,10-12H2,1H3. The molecule has 1 aliphatic rings. The molecule has 0 fully saturated rings. The van der Waals surface area contributed by atoms with Crippen molar-refractivity contribution in [3.63, 3.8) is 0 Å². The molecule has 3 aromatic rings. The Balaban J connectivity index is 1.75. The molecule has 0 radical (unpaired) electrons. The lowest BCUT2D eigenvalue weighted by atomic mass is 9.91. The summed E-state index contributed by atoms with van der Waals surface area (Å²) in [5.41, 5.74) is 7.25. The predicted molar refractivity (Wildman–Crippen MR) is 84.2 cm³/mol. The number of hydrogen-bond donors (Lipinski definition) is 1. The Kier molecular flexibility index (Phi) is 2.66. The molecule has 1 heteroatoms. The summed E-state index contributed by atoms with van der Waals surface area (Å²) >= 11 is 0. The summed E-state index contributed by atoms with van der Waals surface area (Å²) < 4.78 is 0. The van der Waals surface area contributed by atoms with E-state index in [4.69, 9.17) is 0 Å². The van der Waals surface area contributed by atoms with Gasteiger partial charge in [0.25, 0.3) is 0 Å². The number of benzene rings is 2. The molecule has 2 aromatic carbocycles. The lowest BCUT2D eigenvalue weighted by Crippen LogP contribution is -2.00. The summed E-state index contributed by atoms with van der Waals surface area (Å²) in [5.74, 6) is 0.669. The van der Waals surface area contributed by atoms with Crippen LogP contribution in [0.2, 0.25) is 0 Å². The third-order valence-corrected chi connectivity index (χ3v) is 4.71. The number of rotatable bonds is 2. The van der Waals surface area contributed by atoms with Gasteiger partial charge in [0.2, 0.25) is 0 Å². The molecular weight excluding hydrogens is 242 g/mol. The summed E-state index contributed by atoms with van der Waals surface area (Å²) in [6.07, 6.45) is 3.64. The normalized spacial score (nSPS) is 17.6. The van der Waals surface area contributed by atoms with Crippen molar-refractivity contribution in [2.24, 2.45) is 0 Å². The molecule has 1 unspecified atom stereocenters. The minimum atomic E-state index is 0.669. The van der Waals surface area contributed by atoms with Gasteiger partial charge in [0, 0.05) is 16.6 Å². The van der Waals surface area contributed by atoms with E-state index in [-0.39, 0.29) is 0 Å². The molecule has 20 heavy (non-hydrogen) atoms. The molecule has 1 aromatic heterocycles. The highest BCUT2D eigenvalue weighted by Crippen LogP contribution is 2.40. The molecule has 1 nitrogen and oxygen atoms in total. The number of nitrogens with one attached hydrogen (secondary N) is 1. The van der Waals surface area contributed by atoms with E-state index in [1.54, 1.807) is 5.56 Å². The van der Waals surface area contributed by atoms with Crippen LogP contribution in [-0.2, 0) is 12.8 Å². The minimum absolute atomic E-state index is 0.669. The van der Waals surface area contributed by atoms with Gasteiger partial charge in [0.05, 0.1) is 0 Å². The first kappa shape index (κ1) is 11.8. The van der Waals surface area contributed by atoms with E-state index in [0.717, 1.165) is 0 Å². The first-order chi connectivity index (χ1) is 9.83.